The monoisotopic (exact) mass is 311 g/mol. The fraction of sp³-hybridized carbons (Fsp3) is 0.235. The molecule has 3 aromatic rings. The summed E-state index contributed by atoms with van der Waals surface area (Å²) >= 11 is 1.54. The third kappa shape index (κ3) is 2.60. The maximum atomic E-state index is 12.7. The number of aryl methyl sites for hydroxylation is 2. The second kappa shape index (κ2) is 5.85. The Balaban J connectivity index is 1.97. The van der Waals surface area contributed by atoms with Gasteiger partial charge in [0, 0.05) is 17.0 Å². The first-order valence-corrected chi connectivity index (χ1v) is 8.02. The molecule has 3 rings (SSSR count). The number of rotatable bonds is 3. The Morgan fingerprint density at radius 1 is 1.27 bits per heavy atom. The number of hydrogen-bond acceptors (Lipinski definition) is 4. The van der Waals surface area contributed by atoms with E-state index in [4.69, 9.17) is 0 Å². The minimum atomic E-state index is -0.113. The second-order valence-electron chi connectivity index (χ2n) is 5.28. The molecule has 112 valence electrons. The van der Waals surface area contributed by atoms with Crippen molar-refractivity contribution in [3.05, 3.63) is 57.7 Å². The number of benzene rings is 1. The van der Waals surface area contributed by atoms with Gasteiger partial charge in [0.15, 0.2) is 0 Å². The molecule has 0 spiro atoms. The quantitative estimate of drug-likeness (QED) is 0.800. The summed E-state index contributed by atoms with van der Waals surface area (Å²) in [4.78, 5) is 21.5. The predicted octanol–water partition coefficient (Wildman–Crippen LogP) is 3.80. The highest BCUT2D eigenvalue weighted by Crippen LogP contribution is 2.23. The lowest BCUT2D eigenvalue weighted by molar-refractivity contribution is 0.0938. The minimum absolute atomic E-state index is 0.101. The Kier molecular flexibility index (Phi) is 3.90. The summed E-state index contributed by atoms with van der Waals surface area (Å²) in [5.41, 5.74) is 3.29. The first-order chi connectivity index (χ1) is 10.6. The lowest BCUT2D eigenvalue weighted by Gasteiger charge is -2.15. The molecule has 2 heterocycles. The maximum absolute atomic E-state index is 12.7. The number of thiazole rings is 1. The van der Waals surface area contributed by atoms with Gasteiger partial charge in [0.05, 0.1) is 22.8 Å². The molecule has 0 bridgehead atoms. The SMILES string of the molecule is Cc1nc2ccccc2c(C)c1C(=O)N[C@@H](C)c1nccs1. The summed E-state index contributed by atoms with van der Waals surface area (Å²) in [6.45, 7) is 5.79. The van der Waals surface area contributed by atoms with Crippen LogP contribution in [0.1, 0.15) is 39.6 Å². The topological polar surface area (TPSA) is 54.9 Å². The first-order valence-electron chi connectivity index (χ1n) is 7.14. The number of pyridine rings is 1. The van der Waals surface area contributed by atoms with E-state index < -0.39 is 0 Å². The van der Waals surface area contributed by atoms with Crippen molar-refractivity contribution in [2.24, 2.45) is 0 Å². The van der Waals surface area contributed by atoms with Gasteiger partial charge in [-0.3, -0.25) is 9.78 Å². The smallest absolute Gasteiger partial charge is 0.253 e. The number of nitrogens with one attached hydrogen (secondary N) is 1. The zero-order valence-corrected chi connectivity index (χ0v) is 13.6. The lowest BCUT2D eigenvalue weighted by atomic mass is 10.0. The number of amides is 1. The first kappa shape index (κ1) is 14.7. The Bertz CT molecular complexity index is 827. The van der Waals surface area contributed by atoms with E-state index in [2.05, 4.69) is 15.3 Å². The van der Waals surface area contributed by atoms with Crippen LogP contribution in [0.4, 0.5) is 0 Å². The predicted molar refractivity (Wildman–Crippen MR) is 89.2 cm³/mol. The molecular formula is C17H17N3OS. The van der Waals surface area contributed by atoms with Crippen LogP contribution in [0.5, 0.6) is 0 Å². The van der Waals surface area contributed by atoms with E-state index in [1.807, 2.05) is 50.4 Å². The molecule has 0 aliphatic carbocycles. The molecule has 2 aromatic heterocycles. The van der Waals surface area contributed by atoms with Crippen molar-refractivity contribution in [2.45, 2.75) is 26.8 Å². The van der Waals surface area contributed by atoms with Crippen molar-refractivity contribution in [2.75, 3.05) is 0 Å². The Morgan fingerprint density at radius 2 is 2.05 bits per heavy atom. The molecular weight excluding hydrogens is 294 g/mol. The highest BCUT2D eigenvalue weighted by molar-refractivity contribution is 7.09. The van der Waals surface area contributed by atoms with Crippen LogP contribution in [-0.2, 0) is 0 Å². The molecule has 1 aromatic carbocycles. The summed E-state index contributed by atoms with van der Waals surface area (Å²) in [7, 11) is 0. The molecule has 0 aliphatic heterocycles. The van der Waals surface area contributed by atoms with Crippen LogP contribution in [-0.4, -0.2) is 15.9 Å². The molecule has 1 atom stereocenters. The van der Waals surface area contributed by atoms with Crippen LogP contribution < -0.4 is 5.32 Å². The summed E-state index contributed by atoms with van der Waals surface area (Å²) in [6, 6.07) is 7.77. The number of fused-ring (bicyclic) bond motifs is 1. The molecule has 1 amide bonds. The van der Waals surface area contributed by atoms with Gasteiger partial charge in [-0.15, -0.1) is 11.3 Å². The van der Waals surface area contributed by atoms with Gasteiger partial charge < -0.3 is 5.32 Å². The molecule has 0 saturated carbocycles. The molecule has 0 radical (unpaired) electrons. The van der Waals surface area contributed by atoms with E-state index in [1.54, 1.807) is 6.20 Å². The molecule has 1 N–H and O–H groups in total. The van der Waals surface area contributed by atoms with Crippen molar-refractivity contribution in [3.63, 3.8) is 0 Å². The standard InChI is InChI=1S/C17H17N3OS/c1-10-13-6-4-5-7-14(13)19-11(2)15(10)16(21)20-12(3)17-18-8-9-22-17/h4-9,12H,1-3H3,(H,20,21)/t12-/m0/s1. The van der Waals surface area contributed by atoms with Gasteiger partial charge >= 0.3 is 0 Å². The van der Waals surface area contributed by atoms with Crippen LogP contribution >= 0.6 is 11.3 Å². The zero-order chi connectivity index (χ0) is 15.7. The van der Waals surface area contributed by atoms with Gasteiger partial charge in [-0.05, 0) is 32.4 Å². The summed E-state index contributed by atoms with van der Waals surface area (Å²) in [5, 5.41) is 6.84. The van der Waals surface area contributed by atoms with Gasteiger partial charge in [-0.1, -0.05) is 18.2 Å². The molecule has 4 nitrogen and oxygen atoms in total. The van der Waals surface area contributed by atoms with Crippen molar-refractivity contribution in [1.29, 1.82) is 0 Å². The van der Waals surface area contributed by atoms with E-state index in [1.165, 1.54) is 11.3 Å². The maximum Gasteiger partial charge on any atom is 0.253 e. The van der Waals surface area contributed by atoms with E-state index in [-0.39, 0.29) is 11.9 Å². The number of carbonyl (C=O) groups is 1. The van der Waals surface area contributed by atoms with Crippen LogP contribution in [0, 0.1) is 13.8 Å². The van der Waals surface area contributed by atoms with Crippen LogP contribution in [0.3, 0.4) is 0 Å². The van der Waals surface area contributed by atoms with Gasteiger partial charge in [-0.25, -0.2) is 4.98 Å². The van der Waals surface area contributed by atoms with Gasteiger partial charge in [0.2, 0.25) is 0 Å². The van der Waals surface area contributed by atoms with E-state index in [9.17, 15) is 4.79 Å². The average molecular weight is 311 g/mol. The number of para-hydroxylation sites is 1. The number of hydrogen-bond donors (Lipinski definition) is 1. The highest BCUT2D eigenvalue weighted by atomic mass is 32.1. The fourth-order valence-corrected chi connectivity index (χ4v) is 3.29. The van der Waals surface area contributed by atoms with Gasteiger partial charge in [0.25, 0.3) is 5.91 Å². The third-order valence-corrected chi connectivity index (χ3v) is 4.69. The highest BCUT2D eigenvalue weighted by Gasteiger charge is 2.19. The second-order valence-corrected chi connectivity index (χ2v) is 6.21. The Morgan fingerprint density at radius 3 is 2.77 bits per heavy atom. The van der Waals surface area contributed by atoms with Crippen LogP contribution in [0.15, 0.2) is 35.8 Å². The van der Waals surface area contributed by atoms with Crippen molar-refractivity contribution >= 4 is 28.1 Å². The molecule has 5 heteroatoms. The summed E-state index contributed by atoms with van der Waals surface area (Å²) < 4.78 is 0. The fourth-order valence-electron chi connectivity index (χ4n) is 2.64. The molecule has 0 saturated heterocycles. The van der Waals surface area contributed by atoms with Crippen LogP contribution in [0.25, 0.3) is 10.9 Å². The van der Waals surface area contributed by atoms with Gasteiger partial charge in [-0.2, -0.15) is 0 Å². The summed E-state index contributed by atoms with van der Waals surface area (Å²) in [6.07, 6.45) is 1.75. The minimum Gasteiger partial charge on any atom is -0.343 e. The van der Waals surface area contributed by atoms with E-state index in [0.717, 1.165) is 27.2 Å². The molecule has 0 unspecified atom stereocenters. The van der Waals surface area contributed by atoms with Crippen molar-refractivity contribution < 1.29 is 4.79 Å². The Labute approximate surface area is 133 Å². The van der Waals surface area contributed by atoms with Crippen molar-refractivity contribution in [1.82, 2.24) is 15.3 Å². The lowest BCUT2D eigenvalue weighted by Crippen LogP contribution is -2.28. The number of aromatic nitrogens is 2. The number of carbonyl (C=O) groups excluding carboxylic acids is 1. The third-order valence-electron chi connectivity index (χ3n) is 3.73. The Hall–Kier alpha value is -2.27. The normalized spacial score (nSPS) is 12.3. The van der Waals surface area contributed by atoms with Crippen LogP contribution in [0.2, 0.25) is 0 Å². The largest absolute Gasteiger partial charge is 0.343 e. The number of nitrogens with zero attached hydrogens (tertiary/aromatic N) is 2. The van der Waals surface area contributed by atoms with E-state index >= 15 is 0 Å². The van der Waals surface area contributed by atoms with E-state index in [0.29, 0.717) is 5.56 Å². The molecule has 22 heavy (non-hydrogen) atoms. The molecule has 0 fully saturated rings. The van der Waals surface area contributed by atoms with Crippen molar-refractivity contribution in [3.8, 4) is 0 Å². The van der Waals surface area contributed by atoms with Gasteiger partial charge in [0.1, 0.15) is 5.01 Å². The summed E-state index contributed by atoms with van der Waals surface area (Å²) in [5.74, 6) is -0.101. The molecule has 0 aliphatic rings. The average Bonchev–Trinajstić information content (AvgIpc) is 3.01. The zero-order valence-electron chi connectivity index (χ0n) is 12.8.